The molecule has 0 aromatic carbocycles. The second-order valence-corrected chi connectivity index (χ2v) is 5.61. The molecule has 1 saturated heterocycles. The first-order valence-electron chi connectivity index (χ1n) is 6.14. The monoisotopic (exact) mass is 198 g/mol. The molecular formula is C13H26O. The summed E-state index contributed by atoms with van der Waals surface area (Å²) in [5.41, 5.74) is 0.489. The standard InChI is InChI=1S/C13H26O/c1-11(2)6-8-13(12(3)4)7-5-9-14-10-13/h11-12H,5-10H2,1-4H3. The number of ether oxygens (including phenoxy) is 1. The molecule has 0 bridgehead atoms. The van der Waals surface area contributed by atoms with Gasteiger partial charge in [-0.1, -0.05) is 34.1 Å². The van der Waals surface area contributed by atoms with Crippen LogP contribution < -0.4 is 0 Å². The van der Waals surface area contributed by atoms with Gasteiger partial charge in [0.15, 0.2) is 0 Å². The summed E-state index contributed by atoms with van der Waals surface area (Å²) in [5.74, 6) is 1.59. The van der Waals surface area contributed by atoms with Gasteiger partial charge in [-0.25, -0.2) is 0 Å². The molecule has 0 amide bonds. The van der Waals surface area contributed by atoms with E-state index in [1.165, 1.54) is 25.7 Å². The van der Waals surface area contributed by atoms with Gasteiger partial charge in [0.05, 0.1) is 6.61 Å². The van der Waals surface area contributed by atoms with Crippen molar-refractivity contribution in [2.24, 2.45) is 17.3 Å². The maximum Gasteiger partial charge on any atom is 0.0524 e. The Hall–Kier alpha value is -0.0400. The third kappa shape index (κ3) is 2.98. The van der Waals surface area contributed by atoms with Crippen LogP contribution in [0.2, 0.25) is 0 Å². The molecule has 0 radical (unpaired) electrons. The van der Waals surface area contributed by atoms with Gasteiger partial charge in [0.25, 0.3) is 0 Å². The topological polar surface area (TPSA) is 9.23 Å². The third-order valence-electron chi connectivity index (χ3n) is 3.80. The Labute approximate surface area is 89.2 Å². The molecule has 0 aromatic heterocycles. The normalized spacial score (nSPS) is 28.7. The minimum absolute atomic E-state index is 0.489. The fourth-order valence-electron chi connectivity index (χ4n) is 2.39. The molecule has 1 aliphatic heterocycles. The fourth-order valence-corrected chi connectivity index (χ4v) is 2.39. The number of hydrogen-bond acceptors (Lipinski definition) is 1. The van der Waals surface area contributed by atoms with Gasteiger partial charge < -0.3 is 4.74 Å². The first-order chi connectivity index (χ1) is 6.57. The van der Waals surface area contributed by atoms with Gasteiger partial charge in [-0.3, -0.25) is 0 Å². The van der Waals surface area contributed by atoms with Gasteiger partial charge in [-0.05, 0) is 36.5 Å². The van der Waals surface area contributed by atoms with Gasteiger partial charge in [0.1, 0.15) is 0 Å². The molecule has 0 N–H and O–H groups in total. The highest BCUT2D eigenvalue weighted by molar-refractivity contribution is 4.84. The molecule has 0 spiro atoms. The SMILES string of the molecule is CC(C)CCC1(C(C)C)CCCOC1. The van der Waals surface area contributed by atoms with Crippen LogP contribution in [0.15, 0.2) is 0 Å². The second-order valence-electron chi connectivity index (χ2n) is 5.61. The lowest BCUT2D eigenvalue weighted by Crippen LogP contribution is -2.36. The van der Waals surface area contributed by atoms with E-state index in [1.54, 1.807) is 0 Å². The van der Waals surface area contributed by atoms with Crippen LogP contribution in [0, 0.1) is 17.3 Å². The molecule has 14 heavy (non-hydrogen) atoms. The van der Waals surface area contributed by atoms with Crippen LogP contribution in [0.4, 0.5) is 0 Å². The van der Waals surface area contributed by atoms with E-state index in [9.17, 15) is 0 Å². The zero-order chi connectivity index (χ0) is 10.6. The zero-order valence-electron chi connectivity index (χ0n) is 10.3. The van der Waals surface area contributed by atoms with Crippen LogP contribution in [0.5, 0.6) is 0 Å². The Morgan fingerprint density at radius 2 is 1.93 bits per heavy atom. The van der Waals surface area contributed by atoms with E-state index in [-0.39, 0.29) is 0 Å². The molecule has 1 rings (SSSR count). The predicted molar refractivity (Wildman–Crippen MR) is 61.4 cm³/mol. The highest BCUT2D eigenvalue weighted by Crippen LogP contribution is 2.41. The molecule has 1 atom stereocenters. The van der Waals surface area contributed by atoms with Gasteiger partial charge >= 0.3 is 0 Å². The van der Waals surface area contributed by atoms with E-state index in [1.807, 2.05) is 0 Å². The minimum atomic E-state index is 0.489. The first kappa shape index (κ1) is 12.0. The van der Waals surface area contributed by atoms with Gasteiger partial charge in [0, 0.05) is 6.61 Å². The fraction of sp³-hybridized carbons (Fsp3) is 1.00. The van der Waals surface area contributed by atoms with Crippen molar-refractivity contribution < 1.29 is 4.74 Å². The van der Waals surface area contributed by atoms with Crippen molar-refractivity contribution in [3.05, 3.63) is 0 Å². The van der Waals surface area contributed by atoms with Crippen molar-refractivity contribution in [1.82, 2.24) is 0 Å². The van der Waals surface area contributed by atoms with Crippen LogP contribution in [0.25, 0.3) is 0 Å². The van der Waals surface area contributed by atoms with Crippen LogP contribution in [0.1, 0.15) is 53.4 Å². The molecule has 1 fully saturated rings. The second kappa shape index (κ2) is 5.16. The Morgan fingerprint density at radius 3 is 2.36 bits per heavy atom. The average Bonchev–Trinajstić information content (AvgIpc) is 2.16. The lowest BCUT2D eigenvalue weighted by molar-refractivity contribution is -0.0418. The molecule has 0 aromatic rings. The van der Waals surface area contributed by atoms with Crippen molar-refractivity contribution >= 4 is 0 Å². The molecule has 1 heteroatoms. The minimum Gasteiger partial charge on any atom is -0.381 e. The van der Waals surface area contributed by atoms with Gasteiger partial charge in [0.2, 0.25) is 0 Å². The van der Waals surface area contributed by atoms with Crippen LogP contribution in [-0.4, -0.2) is 13.2 Å². The zero-order valence-corrected chi connectivity index (χ0v) is 10.3. The van der Waals surface area contributed by atoms with Crippen molar-refractivity contribution in [2.75, 3.05) is 13.2 Å². The highest BCUT2D eigenvalue weighted by Gasteiger charge is 2.35. The summed E-state index contributed by atoms with van der Waals surface area (Å²) in [6.45, 7) is 11.3. The third-order valence-corrected chi connectivity index (χ3v) is 3.80. The van der Waals surface area contributed by atoms with Crippen molar-refractivity contribution in [2.45, 2.75) is 53.4 Å². The summed E-state index contributed by atoms with van der Waals surface area (Å²) >= 11 is 0. The molecule has 1 aliphatic rings. The molecule has 1 unspecified atom stereocenters. The number of rotatable bonds is 4. The van der Waals surface area contributed by atoms with E-state index >= 15 is 0 Å². The van der Waals surface area contributed by atoms with Crippen LogP contribution >= 0.6 is 0 Å². The molecule has 0 aliphatic carbocycles. The van der Waals surface area contributed by atoms with Crippen LogP contribution in [0.3, 0.4) is 0 Å². The van der Waals surface area contributed by atoms with Crippen molar-refractivity contribution in [1.29, 1.82) is 0 Å². The average molecular weight is 198 g/mol. The Balaban J connectivity index is 2.52. The largest absolute Gasteiger partial charge is 0.381 e. The van der Waals surface area contributed by atoms with E-state index in [0.29, 0.717) is 5.41 Å². The predicted octanol–water partition coefficient (Wildman–Crippen LogP) is 3.88. The van der Waals surface area contributed by atoms with E-state index in [2.05, 4.69) is 27.7 Å². The summed E-state index contributed by atoms with van der Waals surface area (Å²) in [6, 6.07) is 0. The van der Waals surface area contributed by atoms with E-state index in [0.717, 1.165) is 25.0 Å². The number of hydrogen-bond donors (Lipinski definition) is 0. The molecular weight excluding hydrogens is 172 g/mol. The van der Waals surface area contributed by atoms with Gasteiger partial charge in [-0.2, -0.15) is 0 Å². The van der Waals surface area contributed by atoms with E-state index < -0.39 is 0 Å². The van der Waals surface area contributed by atoms with Gasteiger partial charge in [-0.15, -0.1) is 0 Å². The summed E-state index contributed by atoms with van der Waals surface area (Å²) in [6.07, 6.45) is 5.33. The maximum atomic E-state index is 5.68. The Kier molecular flexibility index (Phi) is 4.43. The van der Waals surface area contributed by atoms with Crippen molar-refractivity contribution in [3.63, 3.8) is 0 Å². The quantitative estimate of drug-likeness (QED) is 0.666. The highest BCUT2D eigenvalue weighted by atomic mass is 16.5. The van der Waals surface area contributed by atoms with Crippen molar-refractivity contribution in [3.8, 4) is 0 Å². The summed E-state index contributed by atoms with van der Waals surface area (Å²) in [7, 11) is 0. The lowest BCUT2D eigenvalue weighted by Gasteiger charge is -2.41. The van der Waals surface area contributed by atoms with E-state index in [4.69, 9.17) is 4.74 Å². The molecule has 1 nitrogen and oxygen atoms in total. The molecule has 1 heterocycles. The molecule has 84 valence electrons. The Bertz CT molecular complexity index is 155. The Morgan fingerprint density at radius 1 is 1.21 bits per heavy atom. The molecule has 0 saturated carbocycles. The summed E-state index contributed by atoms with van der Waals surface area (Å²) in [4.78, 5) is 0. The lowest BCUT2D eigenvalue weighted by atomic mass is 9.69. The summed E-state index contributed by atoms with van der Waals surface area (Å²) in [5, 5.41) is 0. The summed E-state index contributed by atoms with van der Waals surface area (Å²) < 4.78 is 5.68. The smallest absolute Gasteiger partial charge is 0.0524 e. The van der Waals surface area contributed by atoms with Crippen LogP contribution in [-0.2, 0) is 4.74 Å². The first-order valence-corrected chi connectivity index (χ1v) is 6.14. The maximum absolute atomic E-state index is 5.68.